The molecule has 0 unspecified atom stereocenters. The minimum Gasteiger partial charge on any atom is -0.350 e. The molecule has 3 rings (SSSR count). The molecule has 3 aromatic rings. The van der Waals surface area contributed by atoms with Crippen molar-refractivity contribution in [1.29, 1.82) is 0 Å². The molecule has 0 saturated carbocycles. The zero-order valence-electron chi connectivity index (χ0n) is 13.8. The normalized spacial score (nSPS) is 10.8. The Bertz CT molecular complexity index is 847. The van der Waals surface area contributed by atoms with Crippen LogP contribution >= 0.6 is 15.9 Å². The van der Waals surface area contributed by atoms with Gasteiger partial charge < -0.3 is 5.32 Å². The first-order chi connectivity index (χ1) is 12.2. The molecule has 2 N–H and O–H groups in total. The van der Waals surface area contributed by atoms with Gasteiger partial charge in [-0.15, -0.1) is 0 Å². The van der Waals surface area contributed by atoms with Crippen LogP contribution in [0.3, 0.4) is 0 Å². The molecule has 25 heavy (non-hydrogen) atoms. The number of rotatable bonds is 6. The summed E-state index contributed by atoms with van der Waals surface area (Å²) in [4.78, 5) is 8.84. The van der Waals surface area contributed by atoms with Gasteiger partial charge in [0.25, 0.3) is 0 Å². The summed E-state index contributed by atoms with van der Waals surface area (Å²) in [7, 11) is 0. The van der Waals surface area contributed by atoms with Gasteiger partial charge in [0.1, 0.15) is 0 Å². The molecule has 0 bridgehead atoms. The van der Waals surface area contributed by atoms with Crippen molar-refractivity contribution < 1.29 is 0 Å². The van der Waals surface area contributed by atoms with Crippen molar-refractivity contribution in [3.63, 3.8) is 0 Å². The number of hydrogen-bond acceptors (Lipinski definition) is 5. The lowest BCUT2D eigenvalue weighted by Gasteiger charge is -2.08. The van der Waals surface area contributed by atoms with Gasteiger partial charge in [0.15, 0.2) is 5.82 Å². The minimum absolute atomic E-state index is 0.574. The zero-order chi connectivity index (χ0) is 17.5. The zero-order valence-corrected chi connectivity index (χ0v) is 15.4. The summed E-state index contributed by atoms with van der Waals surface area (Å²) in [6.07, 6.45) is 1.75. The molecular weight excluding hydrogens is 378 g/mol. The van der Waals surface area contributed by atoms with E-state index in [9.17, 15) is 0 Å². The Labute approximate surface area is 155 Å². The first kappa shape index (κ1) is 17.1. The Morgan fingerprint density at radius 2 is 1.80 bits per heavy atom. The number of anilines is 2. The van der Waals surface area contributed by atoms with Gasteiger partial charge in [-0.3, -0.25) is 5.43 Å². The van der Waals surface area contributed by atoms with E-state index in [4.69, 9.17) is 0 Å². The predicted octanol–water partition coefficient (Wildman–Crippen LogP) is 4.61. The van der Waals surface area contributed by atoms with Gasteiger partial charge in [0.05, 0.1) is 6.21 Å². The second-order valence-corrected chi connectivity index (χ2v) is 6.39. The lowest BCUT2D eigenvalue weighted by atomic mass is 10.2. The Morgan fingerprint density at radius 1 is 1.04 bits per heavy atom. The van der Waals surface area contributed by atoms with Gasteiger partial charge in [0, 0.05) is 22.8 Å². The van der Waals surface area contributed by atoms with E-state index < -0.39 is 0 Å². The van der Waals surface area contributed by atoms with Crippen LogP contribution in [-0.4, -0.2) is 16.2 Å². The summed E-state index contributed by atoms with van der Waals surface area (Å²) >= 11 is 3.41. The third-order valence-electron chi connectivity index (χ3n) is 3.41. The maximum absolute atomic E-state index is 4.44. The van der Waals surface area contributed by atoms with E-state index in [-0.39, 0.29) is 0 Å². The monoisotopic (exact) mass is 395 g/mol. The van der Waals surface area contributed by atoms with Crippen LogP contribution in [0, 0.1) is 6.92 Å². The van der Waals surface area contributed by atoms with Crippen molar-refractivity contribution in [3.05, 3.63) is 82.0 Å². The number of hydrogen-bond donors (Lipinski definition) is 2. The van der Waals surface area contributed by atoms with Crippen LogP contribution in [0.25, 0.3) is 0 Å². The standard InChI is InChI=1S/C19H18BrN5/c1-14-11-18(25-22-13-16-7-9-17(20)10-8-16)24-19(23-14)21-12-15-5-3-2-4-6-15/h2-11,13H,12H2,1H3,(H2,21,23,24,25)/b22-13-. The van der Waals surface area contributed by atoms with Crippen LogP contribution in [-0.2, 0) is 6.54 Å². The maximum atomic E-state index is 4.44. The Kier molecular flexibility index (Phi) is 5.74. The highest BCUT2D eigenvalue weighted by atomic mass is 79.9. The number of nitrogens with one attached hydrogen (secondary N) is 2. The molecule has 0 amide bonds. The molecular formula is C19H18BrN5. The SMILES string of the molecule is Cc1cc(N/N=C\c2ccc(Br)cc2)nc(NCc2ccccc2)n1. The molecule has 5 nitrogen and oxygen atoms in total. The van der Waals surface area contributed by atoms with E-state index >= 15 is 0 Å². The van der Waals surface area contributed by atoms with E-state index in [1.807, 2.05) is 55.5 Å². The van der Waals surface area contributed by atoms with Gasteiger partial charge in [-0.1, -0.05) is 58.4 Å². The van der Waals surface area contributed by atoms with Gasteiger partial charge in [0.2, 0.25) is 5.95 Å². The quantitative estimate of drug-likeness (QED) is 0.472. The molecule has 0 aliphatic carbocycles. The third kappa shape index (κ3) is 5.39. The number of nitrogens with zero attached hydrogens (tertiary/aromatic N) is 3. The van der Waals surface area contributed by atoms with Crippen molar-refractivity contribution in [3.8, 4) is 0 Å². The smallest absolute Gasteiger partial charge is 0.225 e. The van der Waals surface area contributed by atoms with Crippen LogP contribution in [0.1, 0.15) is 16.8 Å². The summed E-state index contributed by atoms with van der Waals surface area (Å²) in [5, 5.41) is 7.47. The summed E-state index contributed by atoms with van der Waals surface area (Å²) in [6.45, 7) is 2.60. The molecule has 1 heterocycles. The number of halogens is 1. The third-order valence-corrected chi connectivity index (χ3v) is 3.94. The van der Waals surface area contributed by atoms with E-state index in [1.54, 1.807) is 6.21 Å². The van der Waals surface area contributed by atoms with E-state index in [2.05, 4.69) is 53.9 Å². The second-order valence-electron chi connectivity index (χ2n) is 5.48. The van der Waals surface area contributed by atoms with E-state index in [0.29, 0.717) is 18.3 Å². The average molecular weight is 396 g/mol. The van der Waals surface area contributed by atoms with Crippen LogP contribution < -0.4 is 10.7 Å². The van der Waals surface area contributed by atoms with Crippen LogP contribution in [0.5, 0.6) is 0 Å². The van der Waals surface area contributed by atoms with Gasteiger partial charge >= 0.3 is 0 Å². The summed E-state index contributed by atoms with van der Waals surface area (Å²) in [5.74, 6) is 1.22. The highest BCUT2D eigenvalue weighted by molar-refractivity contribution is 9.10. The summed E-state index contributed by atoms with van der Waals surface area (Å²) in [6, 6.07) is 19.9. The molecule has 1 aromatic heterocycles. The lowest BCUT2D eigenvalue weighted by molar-refractivity contribution is 1.02. The Hall–Kier alpha value is -2.73. The van der Waals surface area contributed by atoms with Crippen molar-refractivity contribution in [1.82, 2.24) is 9.97 Å². The molecule has 0 saturated heterocycles. The molecule has 0 fully saturated rings. The first-order valence-corrected chi connectivity index (χ1v) is 8.66. The fourth-order valence-corrected chi connectivity index (χ4v) is 2.47. The van der Waals surface area contributed by atoms with E-state index in [0.717, 1.165) is 15.7 Å². The number of aryl methyl sites for hydroxylation is 1. The fraction of sp³-hybridized carbons (Fsp3) is 0.105. The van der Waals surface area contributed by atoms with Crippen molar-refractivity contribution >= 4 is 33.9 Å². The Balaban J connectivity index is 1.63. The molecule has 0 aliphatic rings. The molecule has 2 aromatic carbocycles. The van der Waals surface area contributed by atoms with Crippen molar-refractivity contribution in [2.75, 3.05) is 10.7 Å². The second kappa shape index (κ2) is 8.39. The fourth-order valence-electron chi connectivity index (χ4n) is 2.20. The lowest BCUT2D eigenvalue weighted by Crippen LogP contribution is -2.06. The maximum Gasteiger partial charge on any atom is 0.225 e. The topological polar surface area (TPSA) is 62.2 Å². The highest BCUT2D eigenvalue weighted by Crippen LogP contribution is 2.12. The summed E-state index contributed by atoms with van der Waals surface area (Å²) in [5.41, 5.74) is 6.00. The molecule has 6 heteroatoms. The molecule has 0 atom stereocenters. The number of aromatic nitrogens is 2. The largest absolute Gasteiger partial charge is 0.350 e. The molecule has 0 spiro atoms. The van der Waals surface area contributed by atoms with Crippen LogP contribution in [0.15, 0.2) is 70.2 Å². The average Bonchev–Trinajstić information content (AvgIpc) is 2.62. The van der Waals surface area contributed by atoms with Crippen molar-refractivity contribution in [2.24, 2.45) is 5.10 Å². The summed E-state index contributed by atoms with van der Waals surface area (Å²) < 4.78 is 1.04. The minimum atomic E-state index is 0.574. The number of hydrazone groups is 1. The van der Waals surface area contributed by atoms with Crippen LogP contribution in [0.2, 0.25) is 0 Å². The predicted molar refractivity (Wildman–Crippen MR) is 106 cm³/mol. The number of benzene rings is 2. The first-order valence-electron chi connectivity index (χ1n) is 7.87. The van der Waals surface area contributed by atoms with Gasteiger partial charge in [-0.2, -0.15) is 10.1 Å². The highest BCUT2D eigenvalue weighted by Gasteiger charge is 2.01. The Morgan fingerprint density at radius 3 is 2.56 bits per heavy atom. The molecule has 0 aliphatic heterocycles. The van der Waals surface area contributed by atoms with E-state index in [1.165, 1.54) is 5.56 Å². The molecule has 0 radical (unpaired) electrons. The molecule has 126 valence electrons. The van der Waals surface area contributed by atoms with Gasteiger partial charge in [-0.25, -0.2) is 4.98 Å². The van der Waals surface area contributed by atoms with Gasteiger partial charge in [-0.05, 0) is 30.2 Å². The van der Waals surface area contributed by atoms with Crippen LogP contribution in [0.4, 0.5) is 11.8 Å². The van der Waals surface area contributed by atoms with Crippen molar-refractivity contribution in [2.45, 2.75) is 13.5 Å².